The van der Waals surface area contributed by atoms with Crippen LogP contribution in [0.25, 0.3) is 0 Å². The van der Waals surface area contributed by atoms with Crippen molar-refractivity contribution in [1.82, 2.24) is 5.32 Å². The summed E-state index contributed by atoms with van der Waals surface area (Å²) in [6.45, 7) is 7.16. The zero-order valence-corrected chi connectivity index (χ0v) is 35.6. The van der Waals surface area contributed by atoms with Gasteiger partial charge in [-0.25, -0.2) is 14.4 Å². The van der Waals surface area contributed by atoms with Gasteiger partial charge in [0.05, 0.1) is 42.3 Å². The van der Waals surface area contributed by atoms with E-state index >= 15 is 4.79 Å². The maximum Gasteiger partial charge on any atom is 0.510 e. The third-order valence-corrected chi connectivity index (χ3v) is 13.5. The number of ketones is 1. The number of benzene rings is 3. The van der Waals surface area contributed by atoms with Crippen LogP contribution in [-0.2, 0) is 42.8 Å². The molecule has 4 aliphatic rings. The minimum atomic E-state index is -2.36. The number of carbonyl (C=O) groups excluding carboxylic acids is 6. The van der Waals surface area contributed by atoms with Crippen molar-refractivity contribution in [3.05, 3.63) is 119 Å². The Hall–Kier alpha value is -5.94. The van der Waals surface area contributed by atoms with Gasteiger partial charge in [0.2, 0.25) is 6.29 Å². The maximum absolute atomic E-state index is 15.4. The van der Waals surface area contributed by atoms with Gasteiger partial charge in [-0.2, -0.15) is 0 Å². The minimum absolute atomic E-state index is 0.00251. The predicted molar refractivity (Wildman–Crippen MR) is 219 cm³/mol. The zero-order chi connectivity index (χ0) is 45.6. The first-order chi connectivity index (χ1) is 29.8. The number of nitrogens with one attached hydrogen (secondary N) is 1. The van der Waals surface area contributed by atoms with Gasteiger partial charge in [-0.1, -0.05) is 80.6 Å². The normalized spacial score (nSPS) is 31.5. The first kappa shape index (κ1) is 45.1. The van der Waals surface area contributed by atoms with Crippen LogP contribution in [0.4, 0.5) is 4.79 Å². The molecule has 63 heavy (non-hydrogen) atoms. The van der Waals surface area contributed by atoms with E-state index in [-0.39, 0.29) is 28.7 Å². The fourth-order valence-corrected chi connectivity index (χ4v) is 10.0. The molecule has 334 valence electrons. The van der Waals surface area contributed by atoms with Crippen LogP contribution in [-0.4, -0.2) is 107 Å². The van der Waals surface area contributed by atoms with Gasteiger partial charge in [-0.3, -0.25) is 14.4 Å². The number of carbonyl (C=O) groups is 6. The highest BCUT2D eigenvalue weighted by Gasteiger charge is 2.74. The average molecular weight is 870 g/mol. The average Bonchev–Trinajstić information content (AvgIpc) is 3.26. The molecule has 12 atom stereocenters. The molecule has 2 bridgehead atoms. The summed E-state index contributed by atoms with van der Waals surface area (Å²) in [7, 11) is 1.09. The second-order valence-electron chi connectivity index (χ2n) is 17.2. The molecule has 4 N–H and O–H groups in total. The Morgan fingerprint density at radius 3 is 2.02 bits per heavy atom. The Morgan fingerprint density at radius 1 is 0.841 bits per heavy atom. The van der Waals surface area contributed by atoms with Crippen molar-refractivity contribution in [2.75, 3.05) is 7.11 Å². The summed E-state index contributed by atoms with van der Waals surface area (Å²) in [6, 6.07) is 22.9. The molecular formula is C47H51NO15. The summed E-state index contributed by atoms with van der Waals surface area (Å²) in [5, 5.41) is 40.2. The van der Waals surface area contributed by atoms with Crippen LogP contribution in [0.2, 0.25) is 0 Å². The van der Waals surface area contributed by atoms with Crippen LogP contribution in [0.5, 0.6) is 0 Å². The molecule has 3 fully saturated rings. The molecule has 0 spiro atoms. The second kappa shape index (κ2) is 17.3. The Labute approximate surface area is 363 Å². The van der Waals surface area contributed by atoms with Crippen LogP contribution < -0.4 is 5.32 Å². The highest BCUT2D eigenvalue weighted by Crippen LogP contribution is 2.63. The summed E-state index contributed by atoms with van der Waals surface area (Å²) in [6.07, 6.45) is -12.7. The molecule has 1 heterocycles. The van der Waals surface area contributed by atoms with Crippen LogP contribution >= 0.6 is 0 Å². The minimum Gasteiger partial charge on any atom is -0.456 e. The second-order valence-corrected chi connectivity index (χ2v) is 17.2. The molecular weight excluding hydrogens is 819 g/mol. The smallest absolute Gasteiger partial charge is 0.456 e. The van der Waals surface area contributed by atoms with Crippen molar-refractivity contribution in [3.8, 4) is 0 Å². The summed E-state index contributed by atoms with van der Waals surface area (Å²) < 4.78 is 34.4. The summed E-state index contributed by atoms with van der Waals surface area (Å²) in [5.41, 5.74) is -5.14. The molecule has 3 aromatic carbocycles. The molecule has 2 saturated carbocycles. The van der Waals surface area contributed by atoms with E-state index in [0.717, 1.165) is 14.0 Å². The Morgan fingerprint density at radius 2 is 1.43 bits per heavy atom. The van der Waals surface area contributed by atoms with Crippen LogP contribution in [0.1, 0.15) is 79.8 Å². The van der Waals surface area contributed by atoms with Gasteiger partial charge in [0, 0.05) is 36.7 Å². The lowest BCUT2D eigenvalue weighted by Gasteiger charge is -2.65. The zero-order valence-electron chi connectivity index (χ0n) is 35.6. The van der Waals surface area contributed by atoms with Gasteiger partial charge in [-0.05, 0) is 54.8 Å². The van der Waals surface area contributed by atoms with Crippen molar-refractivity contribution in [2.45, 2.75) is 102 Å². The lowest BCUT2D eigenvalue weighted by molar-refractivity contribution is -0.351. The van der Waals surface area contributed by atoms with E-state index in [9.17, 15) is 39.3 Å². The molecule has 3 aromatic rings. The summed E-state index contributed by atoms with van der Waals surface area (Å²) >= 11 is 0. The molecule has 16 heteroatoms. The third kappa shape index (κ3) is 7.89. The molecule has 3 aliphatic carbocycles. The van der Waals surface area contributed by atoms with Crippen molar-refractivity contribution >= 4 is 35.8 Å². The van der Waals surface area contributed by atoms with Gasteiger partial charge in [0.1, 0.15) is 17.8 Å². The molecule has 1 saturated heterocycles. The Balaban J connectivity index is 1.37. The van der Waals surface area contributed by atoms with Crippen LogP contribution in [0, 0.1) is 22.7 Å². The molecule has 7 rings (SSSR count). The van der Waals surface area contributed by atoms with Crippen molar-refractivity contribution in [3.63, 3.8) is 0 Å². The number of Topliss-reactive ketones (excluding diaryl/α,β-unsaturated/α-hetero) is 1. The number of methoxy groups -OCH3 is 1. The van der Waals surface area contributed by atoms with E-state index in [1.54, 1.807) is 92.7 Å². The van der Waals surface area contributed by atoms with E-state index in [2.05, 4.69) is 5.32 Å². The summed E-state index contributed by atoms with van der Waals surface area (Å²) in [4.78, 5) is 82.9. The van der Waals surface area contributed by atoms with Crippen molar-refractivity contribution < 1.29 is 72.5 Å². The van der Waals surface area contributed by atoms with Gasteiger partial charge in [0.15, 0.2) is 18.0 Å². The Bertz CT molecular complexity index is 2280. The van der Waals surface area contributed by atoms with Gasteiger partial charge in [-0.15, -0.1) is 0 Å². The molecule has 0 radical (unpaired) electrons. The highest BCUT2D eigenvalue weighted by atomic mass is 16.8. The maximum atomic E-state index is 15.4. The topological polar surface area (TPSA) is 231 Å². The van der Waals surface area contributed by atoms with Crippen LogP contribution in [0.3, 0.4) is 0 Å². The summed E-state index contributed by atoms with van der Waals surface area (Å²) in [5.74, 6) is -6.92. The lowest BCUT2D eigenvalue weighted by atomic mass is 9.45. The quantitative estimate of drug-likeness (QED) is 0.127. The number of fused-ring (bicyclic) bond motifs is 5. The first-order valence-electron chi connectivity index (χ1n) is 20.6. The van der Waals surface area contributed by atoms with E-state index < -0.39 is 119 Å². The molecule has 16 nitrogen and oxygen atoms in total. The SMILES string of the molecule is COC(=O)OC1OC2CC(O)C3(C)C(=O)C(OC(C)=O)C4=C(C)C(OC(=O)C(O)C(NC(=O)c5ccccc5)c5ccccc5)CC(O)(C(OC(=O)c5ccccc5)C3C21)C4(C)C. The van der Waals surface area contributed by atoms with E-state index in [0.29, 0.717) is 5.56 Å². The molecule has 12 unspecified atom stereocenters. The number of hydrogen-bond donors (Lipinski definition) is 4. The van der Waals surface area contributed by atoms with Gasteiger partial charge < -0.3 is 49.1 Å². The number of amides is 1. The number of rotatable bonds is 10. The number of esters is 3. The number of ether oxygens (including phenoxy) is 6. The van der Waals surface area contributed by atoms with E-state index in [1.165, 1.54) is 26.0 Å². The van der Waals surface area contributed by atoms with Crippen molar-refractivity contribution in [1.29, 1.82) is 0 Å². The van der Waals surface area contributed by atoms with Crippen molar-refractivity contribution in [2.24, 2.45) is 22.7 Å². The standard InChI is InChI=1S/C47H51NO15/c1-24-30(60-42(55)36(51)35(26-16-10-7-11-17-26)48-40(53)27-18-12-8-13-19-27)23-47(57)39(62-41(54)28-20-14-9-15-21-28)34-32-29(61-43(32)63-44(56)58-6)22-31(50)46(34,5)38(52)37(59-25(2)49)33(24)45(47,3)4/h7-21,29-32,34-37,39,43,50-51,57H,22-23H2,1-6H3,(H,48,53). The third-order valence-electron chi connectivity index (χ3n) is 13.5. The Kier molecular flexibility index (Phi) is 12.4. The van der Waals surface area contributed by atoms with Gasteiger partial charge >= 0.3 is 24.1 Å². The molecule has 0 aromatic heterocycles. The fraction of sp³-hybridized carbons (Fsp3) is 0.447. The number of aliphatic hydroxyl groups is 3. The first-order valence-corrected chi connectivity index (χ1v) is 20.6. The lowest BCUT2D eigenvalue weighted by Crippen LogP contribution is -2.76. The molecule has 1 amide bonds. The van der Waals surface area contributed by atoms with Gasteiger partial charge in [0.25, 0.3) is 5.91 Å². The van der Waals surface area contributed by atoms with Crippen LogP contribution in [0.15, 0.2) is 102 Å². The monoisotopic (exact) mass is 869 g/mol. The number of aliphatic hydroxyl groups excluding tert-OH is 2. The number of hydrogen-bond acceptors (Lipinski definition) is 15. The largest absolute Gasteiger partial charge is 0.510 e. The molecule has 1 aliphatic heterocycles. The highest BCUT2D eigenvalue weighted by molar-refractivity contribution is 5.96. The van der Waals surface area contributed by atoms with E-state index in [1.807, 2.05) is 0 Å². The van der Waals surface area contributed by atoms with E-state index in [4.69, 9.17) is 28.4 Å². The predicted octanol–water partition coefficient (Wildman–Crippen LogP) is 4.16. The fourth-order valence-electron chi connectivity index (χ4n) is 10.0.